The molecule has 2 aromatic carbocycles. The number of benzene rings is 2. The highest BCUT2D eigenvalue weighted by atomic mass is 35.5. The molecule has 1 heterocycles. The van der Waals surface area contributed by atoms with Crippen LogP contribution in [-0.4, -0.2) is 12.1 Å². The lowest BCUT2D eigenvalue weighted by Crippen LogP contribution is -1.89. The van der Waals surface area contributed by atoms with E-state index in [2.05, 4.69) is 4.98 Å². The summed E-state index contributed by atoms with van der Waals surface area (Å²) in [4.78, 5) is 4.45. The molecule has 108 valence electrons. The highest BCUT2D eigenvalue weighted by Crippen LogP contribution is 2.39. The predicted octanol–water partition coefficient (Wildman–Crippen LogP) is 4.70. The van der Waals surface area contributed by atoms with Gasteiger partial charge in [0.1, 0.15) is 11.3 Å². The molecule has 2 N–H and O–H groups in total. The summed E-state index contributed by atoms with van der Waals surface area (Å²) in [5.41, 5.74) is 9.34. The average molecular weight is 323 g/mol. The van der Waals surface area contributed by atoms with Gasteiger partial charge in [-0.25, -0.2) is 4.98 Å². The first-order chi connectivity index (χ1) is 9.99. The lowest BCUT2D eigenvalue weighted by molar-refractivity contribution is 0.415. The Morgan fingerprint density at radius 3 is 2.67 bits per heavy atom. The maximum Gasteiger partial charge on any atom is 0.231 e. The minimum absolute atomic E-state index is 0.389. The Morgan fingerprint density at radius 2 is 1.95 bits per heavy atom. The normalized spacial score (nSPS) is 11.0. The number of aromatic nitrogens is 1. The molecule has 4 nitrogen and oxygen atoms in total. The Hall–Kier alpha value is -1.91. The van der Waals surface area contributed by atoms with Gasteiger partial charge < -0.3 is 14.9 Å². The Morgan fingerprint density at radius 1 is 1.19 bits per heavy atom. The highest BCUT2D eigenvalue weighted by Gasteiger charge is 2.18. The molecule has 0 atom stereocenters. The molecule has 0 unspecified atom stereocenters. The Balaban J connectivity index is 2.28. The first-order valence-corrected chi connectivity index (χ1v) is 6.95. The quantitative estimate of drug-likeness (QED) is 0.694. The van der Waals surface area contributed by atoms with Crippen molar-refractivity contribution in [2.24, 2.45) is 0 Å². The number of nitrogens with zero attached hydrogens (tertiary/aromatic N) is 1. The van der Waals surface area contributed by atoms with Crippen molar-refractivity contribution in [3.05, 3.63) is 39.9 Å². The van der Waals surface area contributed by atoms with E-state index in [4.69, 9.17) is 38.1 Å². The summed E-state index contributed by atoms with van der Waals surface area (Å²) in [5, 5.41) is 0.882. The van der Waals surface area contributed by atoms with E-state index in [0.29, 0.717) is 44.0 Å². The molecular weight excluding hydrogens is 311 g/mol. The van der Waals surface area contributed by atoms with E-state index < -0.39 is 0 Å². The summed E-state index contributed by atoms with van der Waals surface area (Å²) in [6, 6.07) is 6.90. The first kappa shape index (κ1) is 14.0. The number of methoxy groups -OCH3 is 1. The number of hydrogen-bond acceptors (Lipinski definition) is 4. The zero-order chi connectivity index (χ0) is 15.1. The number of nitrogens with two attached hydrogens (primary N) is 1. The second kappa shape index (κ2) is 5.13. The van der Waals surface area contributed by atoms with E-state index in [1.165, 1.54) is 7.11 Å². The molecule has 0 amide bonds. The van der Waals surface area contributed by atoms with Gasteiger partial charge in [0.15, 0.2) is 5.58 Å². The van der Waals surface area contributed by atoms with Crippen LogP contribution in [0.25, 0.3) is 22.6 Å². The zero-order valence-corrected chi connectivity index (χ0v) is 12.9. The summed E-state index contributed by atoms with van der Waals surface area (Å²) in [5.74, 6) is 0.859. The fourth-order valence-electron chi connectivity index (χ4n) is 2.27. The van der Waals surface area contributed by atoms with Crippen molar-refractivity contribution >= 4 is 40.0 Å². The number of rotatable bonds is 2. The van der Waals surface area contributed by atoms with Crippen LogP contribution in [-0.2, 0) is 0 Å². The van der Waals surface area contributed by atoms with Crippen LogP contribution in [0.4, 0.5) is 5.69 Å². The third-order valence-corrected chi connectivity index (χ3v) is 3.64. The van der Waals surface area contributed by atoms with Crippen molar-refractivity contribution in [3.8, 4) is 17.2 Å². The van der Waals surface area contributed by atoms with Crippen LogP contribution in [0.2, 0.25) is 10.0 Å². The summed E-state index contributed by atoms with van der Waals surface area (Å²) >= 11 is 12.2. The number of hydrogen-bond donors (Lipinski definition) is 1. The third-order valence-electron chi connectivity index (χ3n) is 3.14. The van der Waals surface area contributed by atoms with E-state index in [1.54, 1.807) is 18.2 Å². The largest absolute Gasteiger partial charge is 0.494 e. The van der Waals surface area contributed by atoms with Crippen molar-refractivity contribution in [2.75, 3.05) is 12.8 Å². The number of anilines is 1. The standard InChI is InChI=1S/C15H12Cl2N2O2/c1-7-3-9(18)6-12-13(7)21-15(19-12)10-4-8(16)5-11(17)14(10)20-2/h3-6H,18H2,1-2H3. The molecule has 3 rings (SSSR count). The predicted molar refractivity (Wildman–Crippen MR) is 85.2 cm³/mol. The molecule has 21 heavy (non-hydrogen) atoms. The fraction of sp³-hybridized carbons (Fsp3) is 0.133. The molecule has 0 aliphatic rings. The molecule has 0 aliphatic carbocycles. The van der Waals surface area contributed by atoms with E-state index in [0.717, 1.165) is 5.56 Å². The lowest BCUT2D eigenvalue weighted by Gasteiger charge is -2.08. The number of fused-ring (bicyclic) bond motifs is 1. The first-order valence-electron chi connectivity index (χ1n) is 6.19. The van der Waals surface area contributed by atoms with Crippen molar-refractivity contribution in [1.29, 1.82) is 0 Å². The van der Waals surface area contributed by atoms with Crippen molar-refractivity contribution < 1.29 is 9.15 Å². The fourth-order valence-corrected chi connectivity index (χ4v) is 2.84. The van der Waals surface area contributed by atoms with Gasteiger partial charge >= 0.3 is 0 Å². The molecule has 0 fully saturated rings. The van der Waals surface area contributed by atoms with Gasteiger partial charge in [-0.15, -0.1) is 0 Å². The molecule has 0 saturated carbocycles. The van der Waals surface area contributed by atoms with Crippen LogP contribution in [0.3, 0.4) is 0 Å². The molecule has 0 radical (unpaired) electrons. The minimum Gasteiger partial charge on any atom is -0.494 e. The monoisotopic (exact) mass is 322 g/mol. The maximum atomic E-state index is 6.14. The van der Waals surface area contributed by atoms with E-state index in [9.17, 15) is 0 Å². The van der Waals surface area contributed by atoms with Crippen molar-refractivity contribution in [2.45, 2.75) is 6.92 Å². The second-order valence-electron chi connectivity index (χ2n) is 4.67. The molecule has 1 aromatic heterocycles. The number of aryl methyl sites for hydroxylation is 1. The molecule has 3 aromatic rings. The Kier molecular flexibility index (Phi) is 3.43. The topological polar surface area (TPSA) is 61.3 Å². The van der Waals surface area contributed by atoms with Crippen molar-refractivity contribution in [3.63, 3.8) is 0 Å². The smallest absolute Gasteiger partial charge is 0.231 e. The molecule has 6 heteroatoms. The van der Waals surface area contributed by atoms with Crippen molar-refractivity contribution in [1.82, 2.24) is 4.98 Å². The van der Waals surface area contributed by atoms with Gasteiger partial charge in [0.2, 0.25) is 5.89 Å². The molecule has 0 aliphatic heterocycles. The van der Waals surface area contributed by atoms with Gasteiger partial charge in [-0.3, -0.25) is 0 Å². The second-order valence-corrected chi connectivity index (χ2v) is 5.52. The summed E-state index contributed by atoms with van der Waals surface area (Å²) < 4.78 is 11.1. The Labute approximate surface area is 131 Å². The van der Waals surface area contributed by atoms with Crippen LogP contribution < -0.4 is 10.5 Å². The highest BCUT2D eigenvalue weighted by molar-refractivity contribution is 6.36. The number of oxazole rings is 1. The summed E-state index contributed by atoms with van der Waals surface area (Å²) in [6.45, 7) is 1.91. The van der Waals surface area contributed by atoms with Crippen LogP contribution in [0.15, 0.2) is 28.7 Å². The molecular formula is C15H12Cl2N2O2. The number of halogens is 2. The minimum atomic E-state index is 0.389. The number of nitrogen functional groups attached to an aromatic ring is 1. The number of ether oxygens (including phenoxy) is 1. The van der Waals surface area contributed by atoms with E-state index >= 15 is 0 Å². The van der Waals surface area contributed by atoms with Gasteiger partial charge in [-0.2, -0.15) is 0 Å². The molecule has 0 saturated heterocycles. The molecule has 0 bridgehead atoms. The SMILES string of the molecule is COc1c(Cl)cc(Cl)cc1-c1nc2cc(N)cc(C)c2o1. The van der Waals surface area contributed by atoms with Gasteiger partial charge in [-0.1, -0.05) is 23.2 Å². The van der Waals surface area contributed by atoms with E-state index in [1.807, 2.05) is 13.0 Å². The van der Waals surface area contributed by atoms with Gasteiger partial charge in [0, 0.05) is 10.7 Å². The van der Waals surface area contributed by atoms with Gasteiger partial charge in [0.05, 0.1) is 17.7 Å². The lowest BCUT2D eigenvalue weighted by atomic mass is 10.2. The molecule has 0 spiro atoms. The van der Waals surface area contributed by atoms with Crippen LogP contribution >= 0.6 is 23.2 Å². The van der Waals surface area contributed by atoms with Gasteiger partial charge in [0.25, 0.3) is 0 Å². The zero-order valence-electron chi connectivity index (χ0n) is 11.4. The Bertz CT molecular complexity index is 843. The summed E-state index contributed by atoms with van der Waals surface area (Å²) in [6.07, 6.45) is 0. The van der Waals surface area contributed by atoms with Crippen LogP contribution in [0, 0.1) is 6.92 Å². The summed E-state index contributed by atoms with van der Waals surface area (Å²) in [7, 11) is 1.53. The van der Waals surface area contributed by atoms with Crippen LogP contribution in [0.1, 0.15) is 5.56 Å². The van der Waals surface area contributed by atoms with Crippen LogP contribution in [0.5, 0.6) is 5.75 Å². The average Bonchev–Trinajstić information content (AvgIpc) is 2.81. The maximum absolute atomic E-state index is 6.14. The van der Waals surface area contributed by atoms with E-state index in [-0.39, 0.29) is 0 Å². The van der Waals surface area contributed by atoms with Gasteiger partial charge in [-0.05, 0) is 36.8 Å². The third kappa shape index (κ3) is 2.41.